The number of rotatable bonds is 6. The van der Waals surface area contributed by atoms with Crippen LogP contribution in [0.4, 0.5) is 0 Å². The third-order valence-corrected chi connectivity index (χ3v) is 2.25. The Morgan fingerprint density at radius 2 is 1.93 bits per heavy atom. The van der Waals surface area contributed by atoms with Gasteiger partial charge in [-0.15, -0.1) is 0 Å². The fourth-order valence-electron chi connectivity index (χ4n) is 1.20. The number of aliphatic hydroxyl groups is 3. The molecule has 0 unspecified atom stereocenters. The number of aldehydes is 1. The minimum absolute atomic E-state index is 0.0611. The molecule has 15 heavy (non-hydrogen) atoms. The van der Waals surface area contributed by atoms with Crippen molar-refractivity contribution >= 4 is 12.1 Å². The second-order valence-corrected chi connectivity index (χ2v) is 3.39. The van der Waals surface area contributed by atoms with Gasteiger partial charge in [0.05, 0.1) is 6.10 Å². The van der Waals surface area contributed by atoms with E-state index in [1.165, 1.54) is 14.0 Å². The normalized spacial score (nSPS) is 21.2. The molecule has 0 spiro atoms. The molecule has 0 aliphatic carbocycles. The molecule has 88 valence electrons. The molecule has 0 aromatic heterocycles. The highest BCUT2D eigenvalue weighted by atomic mass is 16.5. The summed E-state index contributed by atoms with van der Waals surface area (Å²) in [6.45, 7) is 2.27. The van der Waals surface area contributed by atoms with Gasteiger partial charge in [-0.25, -0.2) is 0 Å². The molecule has 0 fully saturated rings. The van der Waals surface area contributed by atoms with Crippen molar-refractivity contribution in [1.82, 2.24) is 0 Å². The minimum Gasteiger partial charge on any atom is -0.391 e. The first-order valence-electron chi connectivity index (χ1n) is 4.40. The number of carbonyl (C=O) groups is 2. The molecule has 0 rings (SSSR count). The molecule has 0 aromatic carbocycles. The lowest BCUT2D eigenvalue weighted by Crippen LogP contribution is -2.58. The van der Waals surface area contributed by atoms with Crippen molar-refractivity contribution in [2.24, 2.45) is 0 Å². The van der Waals surface area contributed by atoms with Gasteiger partial charge in [-0.05, 0) is 13.8 Å². The number of methoxy groups -OCH3 is 1. The van der Waals surface area contributed by atoms with Gasteiger partial charge in [0.15, 0.2) is 12.1 Å². The summed E-state index contributed by atoms with van der Waals surface area (Å²) in [4.78, 5) is 21.6. The molecule has 6 nitrogen and oxygen atoms in total. The van der Waals surface area contributed by atoms with Crippen molar-refractivity contribution in [3.8, 4) is 0 Å². The van der Waals surface area contributed by atoms with Crippen molar-refractivity contribution in [3.63, 3.8) is 0 Å². The van der Waals surface area contributed by atoms with Crippen molar-refractivity contribution < 1.29 is 29.6 Å². The molecule has 3 N–H and O–H groups in total. The van der Waals surface area contributed by atoms with Gasteiger partial charge < -0.3 is 20.1 Å². The predicted octanol–water partition coefficient (Wildman–Crippen LogP) is -1.74. The summed E-state index contributed by atoms with van der Waals surface area (Å²) in [6.07, 6.45) is -4.22. The molecule has 0 radical (unpaired) electrons. The average molecular weight is 220 g/mol. The Bertz CT molecular complexity index is 239. The van der Waals surface area contributed by atoms with E-state index in [1.54, 1.807) is 0 Å². The maximum Gasteiger partial charge on any atom is 0.206 e. The van der Waals surface area contributed by atoms with Gasteiger partial charge in [-0.2, -0.15) is 0 Å². The first kappa shape index (κ1) is 14.2. The van der Waals surface area contributed by atoms with Gasteiger partial charge in [0, 0.05) is 7.11 Å². The van der Waals surface area contributed by atoms with E-state index in [1.807, 2.05) is 0 Å². The second kappa shape index (κ2) is 5.32. The van der Waals surface area contributed by atoms with Gasteiger partial charge in [0.2, 0.25) is 5.60 Å². The van der Waals surface area contributed by atoms with Gasteiger partial charge in [0.1, 0.15) is 12.2 Å². The molecule has 0 amide bonds. The molecule has 6 heteroatoms. The van der Waals surface area contributed by atoms with E-state index in [4.69, 9.17) is 4.74 Å². The highest BCUT2D eigenvalue weighted by molar-refractivity contribution is 6.00. The van der Waals surface area contributed by atoms with E-state index in [0.29, 0.717) is 0 Å². The molecule has 4 atom stereocenters. The zero-order chi connectivity index (χ0) is 12.2. The van der Waals surface area contributed by atoms with Gasteiger partial charge in [-0.3, -0.25) is 9.59 Å². The highest BCUT2D eigenvalue weighted by Gasteiger charge is 2.46. The second-order valence-electron chi connectivity index (χ2n) is 3.39. The summed E-state index contributed by atoms with van der Waals surface area (Å²) in [6, 6.07) is 0. The number of aliphatic hydroxyl groups excluding tert-OH is 2. The first-order chi connectivity index (χ1) is 6.81. The van der Waals surface area contributed by atoms with E-state index in [-0.39, 0.29) is 6.29 Å². The summed E-state index contributed by atoms with van der Waals surface area (Å²) in [5.74, 6) is -0.910. The molecule has 0 aliphatic heterocycles. The summed E-state index contributed by atoms with van der Waals surface area (Å²) in [7, 11) is 1.19. The Morgan fingerprint density at radius 3 is 2.13 bits per heavy atom. The van der Waals surface area contributed by atoms with E-state index in [2.05, 4.69) is 0 Å². The number of Topliss-reactive ketones (excluding diaryl/α,β-unsaturated/α-hetero) is 1. The molecule has 0 aliphatic rings. The molecule has 0 aromatic rings. The fourth-order valence-corrected chi connectivity index (χ4v) is 1.20. The monoisotopic (exact) mass is 220 g/mol. The fraction of sp³-hybridized carbons (Fsp3) is 0.778. The molecular formula is C9H16O6. The summed E-state index contributed by atoms with van der Waals surface area (Å²) < 4.78 is 4.70. The van der Waals surface area contributed by atoms with Crippen molar-refractivity contribution in [1.29, 1.82) is 0 Å². The SMILES string of the molecule is CO[C@H]([C@@H](C)O)[C@H](O)[C@@](O)(C=O)C(C)=O. The van der Waals surface area contributed by atoms with Crippen LogP contribution in [-0.4, -0.2) is 58.4 Å². The van der Waals surface area contributed by atoms with E-state index >= 15 is 0 Å². The Morgan fingerprint density at radius 1 is 1.47 bits per heavy atom. The smallest absolute Gasteiger partial charge is 0.206 e. The van der Waals surface area contributed by atoms with E-state index in [0.717, 1.165) is 6.92 Å². The lowest BCUT2D eigenvalue weighted by Gasteiger charge is -2.32. The van der Waals surface area contributed by atoms with Crippen LogP contribution in [0.25, 0.3) is 0 Å². The number of ether oxygens (including phenoxy) is 1. The molecular weight excluding hydrogens is 204 g/mol. The number of hydrogen-bond acceptors (Lipinski definition) is 6. The minimum atomic E-state index is -2.54. The standard InChI is InChI=1S/C9H16O6/c1-5(11)7(15-3)8(13)9(14,4-10)6(2)12/h4-5,7-8,11,13-14H,1-3H3/t5-,7-,8+,9-/m1/s1. The molecule has 0 heterocycles. The van der Waals surface area contributed by atoms with Crippen LogP contribution in [0.5, 0.6) is 0 Å². The summed E-state index contributed by atoms with van der Waals surface area (Å²) >= 11 is 0. The quantitative estimate of drug-likeness (QED) is 0.362. The summed E-state index contributed by atoms with van der Waals surface area (Å²) in [5.41, 5.74) is -2.54. The lowest BCUT2D eigenvalue weighted by molar-refractivity contribution is -0.173. The summed E-state index contributed by atoms with van der Waals surface area (Å²) in [5, 5.41) is 28.3. The Labute approximate surface area is 87.5 Å². The molecule has 0 saturated heterocycles. The number of carbonyl (C=O) groups excluding carboxylic acids is 2. The lowest BCUT2D eigenvalue weighted by atomic mass is 9.88. The van der Waals surface area contributed by atoms with E-state index in [9.17, 15) is 24.9 Å². The average Bonchev–Trinajstić information content (AvgIpc) is 2.16. The number of ketones is 1. The third-order valence-electron chi connectivity index (χ3n) is 2.25. The van der Waals surface area contributed by atoms with Gasteiger partial charge in [0.25, 0.3) is 0 Å². The van der Waals surface area contributed by atoms with Crippen LogP contribution in [0.3, 0.4) is 0 Å². The van der Waals surface area contributed by atoms with E-state index < -0.39 is 29.7 Å². The highest BCUT2D eigenvalue weighted by Crippen LogP contribution is 2.17. The zero-order valence-corrected chi connectivity index (χ0v) is 8.88. The number of hydrogen-bond donors (Lipinski definition) is 3. The third kappa shape index (κ3) is 2.82. The first-order valence-corrected chi connectivity index (χ1v) is 4.40. The predicted molar refractivity (Wildman–Crippen MR) is 50.2 cm³/mol. The molecule has 0 bridgehead atoms. The van der Waals surface area contributed by atoms with Crippen LogP contribution >= 0.6 is 0 Å². The van der Waals surface area contributed by atoms with Crippen LogP contribution in [0, 0.1) is 0 Å². The maximum atomic E-state index is 11.0. The Kier molecular flexibility index (Phi) is 5.02. The Hall–Kier alpha value is -0.820. The molecule has 0 saturated carbocycles. The van der Waals surface area contributed by atoms with Crippen LogP contribution in [-0.2, 0) is 14.3 Å². The van der Waals surface area contributed by atoms with Gasteiger partial charge in [-0.1, -0.05) is 0 Å². The van der Waals surface area contributed by atoms with Crippen LogP contribution in [0.15, 0.2) is 0 Å². The van der Waals surface area contributed by atoms with Crippen LogP contribution < -0.4 is 0 Å². The van der Waals surface area contributed by atoms with Crippen LogP contribution in [0.1, 0.15) is 13.8 Å². The van der Waals surface area contributed by atoms with Gasteiger partial charge >= 0.3 is 0 Å². The Balaban J connectivity index is 5.00. The zero-order valence-electron chi connectivity index (χ0n) is 8.88. The van der Waals surface area contributed by atoms with Crippen LogP contribution in [0.2, 0.25) is 0 Å². The van der Waals surface area contributed by atoms with Crippen molar-refractivity contribution in [2.45, 2.75) is 37.8 Å². The van der Waals surface area contributed by atoms with Crippen molar-refractivity contribution in [2.75, 3.05) is 7.11 Å². The maximum absolute atomic E-state index is 11.0. The largest absolute Gasteiger partial charge is 0.391 e. The topological polar surface area (TPSA) is 104 Å². The van der Waals surface area contributed by atoms with Crippen molar-refractivity contribution in [3.05, 3.63) is 0 Å².